The van der Waals surface area contributed by atoms with Gasteiger partial charge < -0.3 is 0 Å². The second-order valence-electron chi connectivity index (χ2n) is 3.36. The number of carbonyl (C=O) groups is 1. The monoisotopic (exact) mass is 252 g/mol. The summed E-state index contributed by atoms with van der Waals surface area (Å²) in [7, 11) is 1.68. The first-order chi connectivity index (χ1) is 8.09. The molecule has 0 unspecified atom stereocenters. The van der Waals surface area contributed by atoms with Crippen LogP contribution in [0.4, 0.5) is 4.39 Å². The summed E-state index contributed by atoms with van der Waals surface area (Å²) >= 11 is 1.16. The van der Waals surface area contributed by atoms with E-state index in [2.05, 4.69) is 15.5 Å². The summed E-state index contributed by atoms with van der Waals surface area (Å²) in [5.41, 5.74) is 0.0699. The minimum absolute atomic E-state index is 0.0699. The Labute approximate surface area is 101 Å². The van der Waals surface area contributed by atoms with Gasteiger partial charge in [-0.1, -0.05) is 6.07 Å². The molecule has 0 amide bonds. The largest absolute Gasteiger partial charge is 0.294 e. The lowest BCUT2D eigenvalue weighted by molar-refractivity contribution is 0.101. The van der Waals surface area contributed by atoms with Gasteiger partial charge in [-0.3, -0.25) is 4.79 Å². The van der Waals surface area contributed by atoms with Crippen molar-refractivity contribution in [3.8, 4) is 0 Å². The molecule has 0 aliphatic carbocycles. The Morgan fingerprint density at radius 2 is 2.24 bits per heavy atom. The lowest BCUT2D eigenvalue weighted by atomic mass is 10.1. The highest BCUT2D eigenvalue weighted by molar-refractivity contribution is 7.99. The topological polar surface area (TPSA) is 60.7 Å². The van der Waals surface area contributed by atoms with Gasteiger partial charge in [-0.25, -0.2) is 9.07 Å². The third-order valence-corrected chi connectivity index (χ3v) is 3.20. The molecule has 0 spiro atoms. The van der Waals surface area contributed by atoms with Crippen molar-refractivity contribution in [1.29, 1.82) is 0 Å². The van der Waals surface area contributed by atoms with Crippen molar-refractivity contribution >= 4 is 17.5 Å². The minimum Gasteiger partial charge on any atom is -0.294 e. The lowest BCUT2D eigenvalue weighted by Gasteiger charge is -2.05. The van der Waals surface area contributed by atoms with Crippen molar-refractivity contribution in [3.05, 3.63) is 29.6 Å². The van der Waals surface area contributed by atoms with Gasteiger partial charge in [0, 0.05) is 11.9 Å². The number of halogens is 1. The Morgan fingerprint density at radius 3 is 2.82 bits per heavy atom. The number of benzene rings is 1. The van der Waals surface area contributed by atoms with Crippen LogP contribution in [0.25, 0.3) is 0 Å². The second kappa shape index (κ2) is 4.62. The normalized spacial score (nSPS) is 10.5. The Kier molecular flexibility index (Phi) is 3.19. The van der Waals surface area contributed by atoms with Crippen LogP contribution in [0.3, 0.4) is 0 Å². The molecule has 0 fully saturated rings. The minimum atomic E-state index is -0.530. The number of aryl methyl sites for hydroxylation is 1. The van der Waals surface area contributed by atoms with Crippen molar-refractivity contribution < 1.29 is 9.18 Å². The van der Waals surface area contributed by atoms with Crippen LogP contribution in [0.2, 0.25) is 0 Å². The first-order valence-corrected chi connectivity index (χ1v) is 5.61. The molecule has 0 saturated heterocycles. The van der Waals surface area contributed by atoms with E-state index in [1.165, 1.54) is 17.7 Å². The van der Waals surface area contributed by atoms with Crippen LogP contribution in [0.15, 0.2) is 28.3 Å². The predicted molar refractivity (Wildman–Crippen MR) is 59.3 cm³/mol. The van der Waals surface area contributed by atoms with E-state index in [4.69, 9.17) is 0 Å². The molecule has 2 aromatic rings. The summed E-state index contributed by atoms with van der Waals surface area (Å²) in [6.07, 6.45) is 0. The summed E-state index contributed by atoms with van der Waals surface area (Å²) < 4.78 is 15.0. The Morgan fingerprint density at radius 1 is 1.47 bits per heavy atom. The summed E-state index contributed by atoms with van der Waals surface area (Å²) in [6.45, 7) is 1.33. The molecule has 1 heterocycles. The first-order valence-electron chi connectivity index (χ1n) is 4.79. The standard InChI is InChI=1S/C10H9FN4OS/c1-6(16)9-7(11)4-3-5-8(9)17-10-12-13-14-15(10)2/h3-5H,1-2H3. The molecule has 88 valence electrons. The molecule has 0 bridgehead atoms. The van der Waals surface area contributed by atoms with Crippen molar-refractivity contribution in [2.75, 3.05) is 0 Å². The van der Waals surface area contributed by atoms with Gasteiger partial charge in [0.1, 0.15) is 5.82 Å². The van der Waals surface area contributed by atoms with E-state index in [0.717, 1.165) is 11.8 Å². The van der Waals surface area contributed by atoms with Crippen LogP contribution in [0.5, 0.6) is 0 Å². The van der Waals surface area contributed by atoms with Gasteiger partial charge in [0.2, 0.25) is 5.16 Å². The summed E-state index contributed by atoms with van der Waals surface area (Å²) in [4.78, 5) is 11.9. The number of carbonyl (C=O) groups excluding carboxylic acids is 1. The highest BCUT2D eigenvalue weighted by Crippen LogP contribution is 2.29. The third kappa shape index (κ3) is 2.33. The zero-order valence-electron chi connectivity index (χ0n) is 9.22. The quantitative estimate of drug-likeness (QED) is 0.778. The number of ketones is 1. The lowest BCUT2D eigenvalue weighted by Crippen LogP contribution is -2.00. The number of tetrazole rings is 1. The maximum atomic E-state index is 13.5. The SMILES string of the molecule is CC(=O)c1c(F)cccc1Sc1nnnn1C. The highest BCUT2D eigenvalue weighted by Gasteiger charge is 2.15. The average molecular weight is 252 g/mol. The van der Waals surface area contributed by atoms with Crippen LogP contribution in [-0.4, -0.2) is 26.0 Å². The Bertz CT molecular complexity index is 569. The zero-order valence-corrected chi connectivity index (χ0v) is 10.0. The van der Waals surface area contributed by atoms with Gasteiger partial charge in [-0.05, 0) is 41.2 Å². The number of aromatic nitrogens is 4. The van der Waals surface area contributed by atoms with E-state index in [0.29, 0.717) is 10.1 Å². The van der Waals surface area contributed by atoms with Gasteiger partial charge in [0.05, 0.1) is 5.56 Å². The van der Waals surface area contributed by atoms with Crippen LogP contribution < -0.4 is 0 Å². The number of rotatable bonds is 3. The van der Waals surface area contributed by atoms with Crippen LogP contribution in [0.1, 0.15) is 17.3 Å². The van der Waals surface area contributed by atoms with Gasteiger partial charge >= 0.3 is 0 Å². The Hall–Kier alpha value is -1.76. The molecule has 17 heavy (non-hydrogen) atoms. The predicted octanol–water partition coefficient (Wildman–Crippen LogP) is 1.70. The van der Waals surface area contributed by atoms with Gasteiger partial charge in [0.25, 0.3) is 0 Å². The van der Waals surface area contributed by atoms with E-state index in [1.807, 2.05) is 0 Å². The van der Waals surface area contributed by atoms with Crippen molar-refractivity contribution in [3.63, 3.8) is 0 Å². The van der Waals surface area contributed by atoms with Crippen molar-refractivity contribution in [2.45, 2.75) is 17.0 Å². The number of hydrogen-bond donors (Lipinski definition) is 0. The fraction of sp³-hybridized carbons (Fsp3) is 0.200. The molecule has 1 aromatic carbocycles. The molecular formula is C10H9FN4OS. The maximum absolute atomic E-state index is 13.5. The summed E-state index contributed by atoms with van der Waals surface area (Å²) in [6, 6.07) is 4.47. The van der Waals surface area contributed by atoms with E-state index >= 15 is 0 Å². The third-order valence-electron chi connectivity index (χ3n) is 2.11. The van der Waals surface area contributed by atoms with E-state index in [-0.39, 0.29) is 11.3 Å². The number of Topliss-reactive ketones (excluding diaryl/α,β-unsaturated/α-hetero) is 1. The zero-order chi connectivity index (χ0) is 12.4. The van der Waals surface area contributed by atoms with Crippen LogP contribution >= 0.6 is 11.8 Å². The first kappa shape index (κ1) is 11.7. The van der Waals surface area contributed by atoms with Gasteiger partial charge in [-0.15, -0.1) is 5.10 Å². The fourth-order valence-electron chi connectivity index (χ4n) is 1.34. The molecule has 2 rings (SSSR count). The van der Waals surface area contributed by atoms with Gasteiger partial charge in [-0.2, -0.15) is 0 Å². The molecule has 0 atom stereocenters. The molecule has 0 aliphatic heterocycles. The van der Waals surface area contributed by atoms with E-state index < -0.39 is 5.82 Å². The van der Waals surface area contributed by atoms with E-state index in [9.17, 15) is 9.18 Å². The molecule has 1 aromatic heterocycles. The summed E-state index contributed by atoms with van der Waals surface area (Å²) in [5.74, 6) is -0.849. The molecule has 5 nitrogen and oxygen atoms in total. The molecule has 0 aliphatic rings. The second-order valence-corrected chi connectivity index (χ2v) is 4.37. The van der Waals surface area contributed by atoms with Crippen molar-refractivity contribution in [2.24, 2.45) is 7.05 Å². The highest BCUT2D eigenvalue weighted by atomic mass is 32.2. The fourth-order valence-corrected chi connectivity index (χ4v) is 2.27. The number of hydrogen-bond acceptors (Lipinski definition) is 5. The molecule has 0 N–H and O–H groups in total. The Balaban J connectivity index is 2.43. The average Bonchev–Trinajstić information content (AvgIpc) is 2.64. The summed E-state index contributed by atoms with van der Waals surface area (Å²) in [5, 5.41) is 11.4. The molecular weight excluding hydrogens is 243 g/mol. The molecule has 7 heteroatoms. The maximum Gasteiger partial charge on any atom is 0.213 e. The molecule has 0 radical (unpaired) electrons. The van der Waals surface area contributed by atoms with Crippen LogP contribution in [-0.2, 0) is 7.05 Å². The molecule has 0 saturated carbocycles. The van der Waals surface area contributed by atoms with Crippen LogP contribution in [0, 0.1) is 5.82 Å². The van der Waals surface area contributed by atoms with Gasteiger partial charge in [0.15, 0.2) is 5.78 Å². The van der Waals surface area contributed by atoms with Crippen molar-refractivity contribution in [1.82, 2.24) is 20.2 Å². The smallest absolute Gasteiger partial charge is 0.213 e. The van der Waals surface area contributed by atoms with E-state index in [1.54, 1.807) is 19.2 Å². The number of nitrogens with zero attached hydrogens (tertiary/aromatic N) is 4.